The van der Waals surface area contributed by atoms with E-state index in [1.165, 1.54) is 6.20 Å². The zero-order chi connectivity index (χ0) is 24.6. The molecule has 2 amide bonds. The lowest BCUT2D eigenvalue weighted by Gasteiger charge is -2.51. The molecule has 0 bridgehead atoms. The minimum Gasteiger partial charge on any atom is -0.487 e. The van der Waals surface area contributed by atoms with Crippen LogP contribution in [0.2, 0.25) is 0 Å². The summed E-state index contributed by atoms with van der Waals surface area (Å²) in [6.07, 6.45) is 3.69. The molecule has 1 fully saturated rings. The third-order valence-corrected chi connectivity index (χ3v) is 6.50. The van der Waals surface area contributed by atoms with Gasteiger partial charge in [-0.25, -0.2) is 13.2 Å². The number of hydrogen-bond donors (Lipinski definition) is 1. The van der Waals surface area contributed by atoms with Gasteiger partial charge in [-0.2, -0.15) is 0 Å². The summed E-state index contributed by atoms with van der Waals surface area (Å²) >= 11 is 0. The van der Waals surface area contributed by atoms with Crippen LogP contribution in [0.4, 0.5) is 13.2 Å². The van der Waals surface area contributed by atoms with Crippen molar-refractivity contribution in [1.29, 1.82) is 0 Å². The number of benzene rings is 1. The highest BCUT2D eigenvalue weighted by Gasteiger charge is 2.46. The van der Waals surface area contributed by atoms with Gasteiger partial charge in [-0.15, -0.1) is 0 Å². The molecule has 0 unspecified atom stereocenters. The first-order valence-electron chi connectivity index (χ1n) is 11.4. The number of carbonyl (C=O) groups excluding carboxylic acids is 2. The van der Waals surface area contributed by atoms with Crippen molar-refractivity contribution < 1.29 is 27.5 Å². The lowest BCUT2D eigenvalue weighted by Crippen LogP contribution is -2.63. The normalized spacial score (nSPS) is 18.7. The molecule has 182 valence electrons. The molecule has 0 saturated carbocycles. The van der Waals surface area contributed by atoms with Gasteiger partial charge in [0.1, 0.15) is 11.4 Å². The van der Waals surface area contributed by atoms with E-state index in [-0.39, 0.29) is 41.1 Å². The predicted molar refractivity (Wildman–Crippen MR) is 117 cm³/mol. The summed E-state index contributed by atoms with van der Waals surface area (Å²) in [5, 5.41) is 2.38. The Hall–Kier alpha value is -3.30. The highest BCUT2D eigenvalue weighted by molar-refractivity contribution is 5.99. The Kier molecular flexibility index (Phi) is 6.67. The van der Waals surface area contributed by atoms with Crippen molar-refractivity contribution in [2.75, 3.05) is 13.2 Å². The van der Waals surface area contributed by atoms with E-state index in [2.05, 4.69) is 5.32 Å². The molecule has 7 nitrogen and oxygen atoms in total. The first kappa shape index (κ1) is 23.8. The zero-order valence-corrected chi connectivity index (χ0v) is 19.0. The summed E-state index contributed by atoms with van der Waals surface area (Å²) in [4.78, 5) is 40.9. The minimum absolute atomic E-state index is 0.0248. The Labute approximate surface area is 194 Å². The number of ether oxygens (including phenoxy) is 1. The fraction of sp³-hybridized carbons (Fsp3) is 0.458. The summed E-state index contributed by atoms with van der Waals surface area (Å²) in [7, 11) is 0. The number of nitrogens with zero attached hydrogens (tertiary/aromatic N) is 2. The molecule has 2 aromatic rings. The lowest BCUT2D eigenvalue weighted by molar-refractivity contribution is -0.00417. The summed E-state index contributed by atoms with van der Waals surface area (Å²) in [5.74, 6) is -4.60. The van der Waals surface area contributed by atoms with E-state index in [4.69, 9.17) is 4.74 Å². The van der Waals surface area contributed by atoms with Gasteiger partial charge in [-0.1, -0.05) is 20.3 Å². The molecular formula is C24H26F3N3O4. The van der Waals surface area contributed by atoms with Gasteiger partial charge in [0.05, 0.1) is 12.6 Å². The third-order valence-electron chi connectivity index (χ3n) is 6.50. The van der Waals surface area contributed by atoms with Gasteiger partial charge < -0.3 is 19.5 Å². The van der Waals surface area contributed by atoms with Crippen LogP contribution in [0.5, 0.6) is 5.75 Å². The number of aromatic nitrogens is 1. The molecule has 0 spiro atoms. The van der Waals surface area contributed by atoms with Crippen LogP contribution in [0.25, 0.3) is 0 Å². The van der Waals surface area contributed by atoms with Crippen LogP contribution in [-0.2, 0) is 13.1 Å². The molecule has 0 radical (unpaired) electrons. The molecule has 34 heavy (non-hydrogen) atoms. The second kappa shape index (κ2) is 9.52. The molecule has 4 rings (SSSR count). The quantitative estimate of drug-likeness (QED) is 0.468. The van der Waals surface area contributed by atoms with Crippen LogP contribution < -0.4 is 15.5 Å². The second-order valence-corrected chi connectivity index (χ2v) is 8.64. The molecular weight excluding hydrogens is 451 g/mol. The number of carbonyl (C=O) groups is 2. The lowest BCUT2D eigenvalue weighted by atomic mass is 9.84. The number of halogens is 3. The topological polar surface area (TPSA) is 80.6 Å². The van der Waals surface area contributed by atoms with Crippen molar-refractivity contribution in [3.63, 3.8) is 0 Å². The molecule has 10 heteroatoms. The number of nitrogens with one attached hydrogen (secondary N) is 1. The monoisotopic (exact) mass is 477 g/mol. The maximum Gasteiger partial charge on any atom is 0.274 e. The van der Waals surface area contributed by atoms with Gasteiger partial charge in [-0.3, -0.25) is 14.4 Å². The summed E-state index contributed by atoms with van der Waals surface area (Å²) in [6, 6.07) is 1.02. The van der Waals surface area contributed by atoms with E-state index in [1.807, 2.05) is 13.8 Å². The maximum atomic E-state index is 13.9. The number of rotatable bonds is 8. The highest BCUT2D eigenvalue weighted by Crippen LogP contribution is 2.36. The number of hydrogen-bond acceptors (Lipinski definition) is 4. The van der Waals surface area contributed by atoms with Gasteiger partial charge >= 0.3 is 0 Å². The van der Waals surface area contributed by atoms with E-state index in [0.29, 0.717) is 37.6 Å². The van der Waals surface area contributed by atoms with Crippen molar-refractivity contribution >= 4 is 11.8 Å². The molecule has 2 atom stereocenters. The number of pyridine rings is 1. The Morgan fingerprint density at radius 2 is 1.85 bits per heavy atom. The van der Waals surface area contributed by atoms with Crippen molar-refractivity contribution in [3.05, 3.63) is 62.8 Å². The van der Waals surface area contributed by atoms with Crippen LogP contribution in [0, 0.1) is 23.4 Å². The molecule has 2 aliphatic heterocycles. The van der Waals surface area contributed by atoms with E-state index < -0.39 is 35.3 Å². The standard InChI is InChI=1S/C24H26F3N3O4/c1-3-5-6-34-22-20-24(33)30-10-13(4-2)19(30)12-29(20)11-15(21(22)31)23(32)28-9-14-7-17(26)18(27)8-16(14)25/h7-8,11,13,19H,3-6,9-10,12H2,1-2H3,(H,28,32)/t13-,19+/m1/s1. The molecule has 3 heterocycles. The Balaban J connectivity index is 1.66. The number of unbranched alkanes of at least 4 members (excludes halogenated alkanes) is 1. The van der Waals surface area contributed by atoms with Crippen LogP contribution >= 0.6 is 0 Å². The number of amides is 2. The van der Waals surface area contributed by atoms with Gasteiger partial charge in [0.2, 0.25) is 5.43 Å². The van der Waals surface area contributed by atoms with Gasteiger partial charge in [0, 0.05) is 37.5 Å². The molecule has 2 aliphatic rings. The Morgan fingerprint density at radius 3 is 2.56 bits per heavy atom. The van der Waals surface area contributed by atoms with E-state index in [1.54, 1.807) is 9.47 Å². The van der Waals surface area contributed by atoms with Crippen molar-refractivity contribution in [2.45, 2.75) is 52.2 Å². The molecule has 0 aliphatic carbocycles. The minimum atomic E-state index is -1.34. The summed E-state index contributed by atoms with van der Waals surface area (Å²) < 4.78 is 47.9. The van der Waals surface area contributed by atoms with Gasteiger partial charge in [-0.05, 0) is 24.8 Å². The van der Waals surface area contributed by atoms with Crippen LogP contribution in [-0.4, -0.2) is 40.5 Å². The van der Waals surface area contributed by atoms with E-state index >= 15 is 0 Å². The van der Waals surface area contributed by atoms with Gasteiger partial charge in [0.25, 0.3) is 11.8 Å². The van der Waals surface area contributed by atoms with Crippen LogP contribution in [0.1, 0.15) is 59.5 Å². The number of fused-ring (bicyclic) bond motifs is 2. The Bertz CT molecular complexity index is 1200. The summed E-state index contributed by atoms with van der Waals surface area (Å²) in [6.45, 7) is 4.78. The van der Waals surface area contributed by atoms with Crippen LogP contribution in [0.15, 0.2) is 23.1 Å². The van der Waals surface area contributed by atoms with E-state index in [9.17, 15) is 27.6 Å². The fourth-order valence-corrected chi connectivity index (χ4v) is 4.43. The average molecular weight is 477 g/mol. The maximum absolute atomic E-state index is 13.9. The smallest absolute Gasteiger partial charge is 0.274 e. The molecule has 1 saturated heterocycles. The SMILES string of the molecule is CCCCOc1c2n(cc(C(=O)NCc3cc(F)c(F)cc3F)c1=O)C[C@H]1[C@H](CC)CN1C2=O. The van der Waals surface area contributed by atoms with Crippen molar-refractivity contribution in [2.24, 2.45) is 5.92 Å². The summed E-state index contributed by atoms with van der Waals surface area (Å²) in [5.41, 5.74) is -1.16. The Morgan fingerprint density at radius 1 is 1.12 bits per heavy atom. The average Bonchev–Trinajstić information content (AvgIpc) is 2.79. The predicted octanol–water partition coefficient (Wildman–Crippen LogP) is 3.24. The van der Waals surface area contributed by atoms with Gasteiger partial charge in [0.15, 0.2) is 23.1 Å². The first-order chi connectivity index (χ1) is 16.3. The van der Waals surface area contributed by atoms with Crippen LogP contribution in [0.3, 0.4) is 0 Å². The second-order valence-electron chi connectivity index (χ2n) is 8.64. The molecule has 1 N–H and O–H groups in total. The van der Waals surface area contributed by atoms with E-state index in [0.717, 1.165) is 12.8 Å². The van der Waals surface area contributed by atoms with Crippen molar-refractivity contribution in [3.8, 4) is 5.75 Å². The third kappa shape index (κ3) is 4.17. The molecule has 1 aromatic carbocycles. The first-order valence-corrected chi connectivity index (χ1v) is 11.4. The fourth-order valence-electron chi connectivity index (χ4n) is 4.43. The van der Waals surface area contributed by atoms with Crippen molar-refractivity contribution in [1.82, 2.24) is 14.8 Å². The molecule has 1 aromatic heterocycles. The zero-order valence-electron chi connectivity index (χ0n) is 19.0. The highest BCUT2D eigenvalue weighted by atomic mass is 19.2. The largest absolute Gasteiger partial charge is 0.487 e.